The summed E-state index contributed by atoms with van der Waals surface area (Å²) >= 11 is 0. The van der Waals surface area contributed by atoms with Crippen LogP contribution in [0.15, 0.2) is 42.5 Å². The summed E-state index contributed by atoms with van der Waals surface area (Å²) in [6, 6.07) is 14.5. The van der Waals surface area contributed by atoms with Crippen LogP contribution in [0.2, 0.25) is 0 Å². The molecule has 0 aliphatic carbocycles. The summed E-state index contributed by atoms with van der Waals surface area (Å²) < 4.78 is 5.31. The van der Waals surface area contributed by atoms with E-state index in [1.165, 1.54) is 11.1 Å². The van der Waals surface area contributed by atoms with Gasteiger partial charge < -0.3 is 15.8 Å². The predicted octanol–water partition coefficient (Wildman–Crippen LogP) is 2.51. The van der Waals surface area contributed by atoms with Gasteiger partial charge in [0.25, 0.3) is 0 Å². The molecular weight excluding hydrogens is 236 g/mol. The Labute approximate surface area is 113 Å². The molecule has 2 aromatic carbocycles. The molecule has 0 spiro atoms. The van der Waals surface area contributed by atoms with Gasteiger partial charge in [-0.3, -0.25) is 0 Å². The second-order valence-electron chi connectivity index (χ2n) is 4.83. The molecule has 0 saturated heterocycles. The fraction of sp³-hybridized carbons (Fsp3) is 0.250. The number of ether oxygens (including phenoxy) is 1. The fourth-order valence-corrected chi connectivity index (χ4v) is 2.71. The first-order valence-electron chi connectivity index (χ1n) is 6.54. The molecule has 0 bridgehead atoms. The van der Waals surface area contributed by atoms with Crippen molar-refractivity contribution in [1.82, 2.24) is 5.32 Å². The van der Waals surface area contributed by atoms with Crippen LogP contribution in [0.3, 0.4) is 0 Å². The van der Waals surface area contributed by atoms with Crippen LogP contribution < -0.4 is 15.8 Å². The molecule has 3 heteroatoms. The van der Waals surface area contributed by atoms with Gasteiger partial charge in [0.15, 0.2) is 0 Å². The number of fused-ring (bicyclic) bond motifs is 1. The van der Waals surface area contributed by atoms with Crippen molar-refractivity contribution in [3.05, 3.63) is 59.2 Å². The zero-order chi connectivity index (χ0) is 13.2. The quantitative estimate of drug-likeness (QED) is 0.810. The van der Waals surface area contributed by atoms with Gasteiger partial charge >= 0.3 is 0 Å². The molecule has 0 amide bonds. The van der Waals surface area contributed by atoms with Gasteiger partial charge in [-0.25, -0.2) is 0 Å². The van der Waals surface area contributed by atoms with Crippen molar-refractivity contribution in [2.24, 2.45) is 0 Å². The molecule has 3 rings (SSSR count). The molecule has 98 valence electrons. The first kappa shape index (κ1) is 12.1. The number of anilines is 1. The fourth-order valence-electron chi connectivity index (χ4n) is 2.71. The maximum Gasteiger partial charge on any atom is 0.119 e. The van der Waals surface area contributed by atoms with Gasteiger partial charge in [0.1, 0.15) is 5.75 Å². The first-order valence-corrected chi connectivity index (χ1v) is 6.54. The molecule has 0 fully saturated rings. The lowest BCUT2D eigenvalue weighted by Crippen LogP contribution is -2.31. The van der Waals surface area contributed by atoms with Gasteiger partial charge in [0, 0.05) is 17.8 Å². The lowest BCUT2D eigenvalue weighted by molar-refractivity contribution is 0.413. The van der Waals surface area contributed by atoms with Gasteiger partial charge in [-0.1, -0.05) is 24.3 Å². The van der Waals surface area contributed by atoms with Crippen molar-refractivity contribution in [3.63, 3.8) is 0 Å². The van der Waals surface area contributed by atoms with Crippen molar-refractivity contribution in [3.8, 4) is 5.75 Å². The highest BCUT2D eigenvalue weighted by atomic mass is 16.5. The normalized spacial score (nSPS) is 17.8. The second kappa shape index (κ2) is 4.94. The highest BCUT2D eigenvalue weighted by molar-refractivity contribution is 5.55. The Morgan fingerprint density at radius 3 is 2.84 bits per heavy atom. The maximum absolute atomic E-state index is 6.14. The number of nitrogen functional groups attached to an aromatic ring is 1. The molecular formula is C16H18N2O. The Hall–Kier alpha value is -2.00. The van der Waals surface area contributed by atoms with Crippen LogP contribution in [0.5, 0.6) is 5.75 Å². The van der Waals surface area contributed by atoms with E-state index >= 15 is 0 Å². The van der Waals surface area contributed by atoms with Gasteiger partial charge in [-0.2, -0.15) is 0 Å². The standard InChI is InChI=1S/C16H18N2O/c1-19-12-6-7-15(17)14(10-12)16-13-5-3-2-4-11(13)8-9-18-16/h2-7,10,16,18H,8-9,17H2,1H3. The van der Waals surface area contributed by atoms with Crippen molar-refractivity contribution in [2.45, 2.75) is 12.5 Å². The van der Waals surface area contributed by atoms with Crippen LogP contribution in [0.25, 0.3) is 0 Å². The third-order valence-corrected chi connectivity index (χ3v) is 3.71. The van der Waals surface area contributed by atoms with E-state index in [0.29, 0.717) is 0 Å². The molecule has 0 aromatic heterocycles. The Kier molecular flexibility index (Phi) is 3.13. The number of hydrogen-bond donors (Lipinski definition) is 2. The van der Waals surface area contributed by atoms with Crippen molar-refractivity contribution < 1.29 is 4.74 Å². The van der Waals surface area contributed by atoms with Gasteiger partial charge in [0.05, 0.1) is 13.2 Å². The molecule has 1 atom stereocenters. The number of nitrogens with one attached hydrogen (secondary N) is 1. The smallest absolute Gasteiger partial charge is 0.119 e. The predicted molar refractivity (Wildman–Crippen MR) is 77.4 cm³/mol. The van der Waals surface area contributed by atoms with Gasteiger partial charge in [-0.05, 0) is 35.7 Å². The molecule has 1 aliphatic rings. The summed E-state index contributed by atoms with van der Waals surface area (Å²) in [5.74, 6) is 0.842. The van der Waals surface area contributed by atoms with Crippen molar-refractivity contribution in [1.29, 1.82) is 0 Å². The summed E-state index contributed by atoms with van der Waals surface area (Å²) in [4.78, 5) is 0. The van der Waals surface area contributed by atoms with E-state index in [1.807, 2.05) is 18.2 Å². The third-order valence-electron chi connectivity index (χ3n) is 3.71. The maximum atomic E-state index is 6.14. The van der Waals surface area contributed by atoms with Crippen LogP contribution in [0.4, 0.5) is 5.69 Å². The molecule has 0 saturated carbocycles. The number of nitrogens with two attached hydrogens (primary N) is 1. The molecule has 1 unspecified atom stereocenters. The number of hydrogen-bond acceptors (Lipinski definition) is 3. The molecule has 0 radical (unpaired) electrons. The summed E-state index contributed by atoms with van der Waals surface area (Å²) in [6.45, 7) is 0.971. The van der Waals surface area contributed by atoms with Crippen LogP contribution in [-0.4, -0.2) is 13.7 Å². The number of methoxy groups -OCH3 is 1. The van der Waals surface area contributed by atoms with E-state index in [1.54, 1.807) is 7.11 Å². The monoisotopic (exact) mass is 254 g/mol. The minimum absolute atomic E-state index is 0.153. The van der Waals surface area contributed by atoms with Gasteiger partial charge in [0.2, 0.25) is 0 Å². The minimum Gasteiger partial charge on any atom is -0.497 e. The Balaban J connectivity index is 2.08. The van der Waals surface area contributed by atoms with E-state index in [0.717, 1.165) is 30.0 Å². The van der Waals surface area contributed by atoms with E-state index in [-0.39, 0.29) is 6.04 Å². The topological polar surface area (TPSA) is 47.3 Å². The van der Waals surface area contributed by atoms with E-state index in [9.17, 15) is 0 Å². The zero-order valence-electron chi connectivity index (χ0n) is 11.0. The SMILES string of the molecule is COc1ccc(N)c(C2NCCc3ccccc32)c1. The average Bonchev–Trinajstić information content (AvgIpc) is 2.47. The Morgan fingerprint density at radius 2 is 2.00 bits per heavy atom. The van der Waals surface area contributed by atoms with Crippen molar-refractivity contribution >= 4 is 5.69 Å². The third kappa shape index (κ3) is 2.17. The largest absolute Gasteiger partial charge is 0.497 e. The van der Waals surface area contributed by atoms with Gasteiger partial charge in [-0.15, -0.1) is 0 Å². The summed E-state index contributed by atoms with van der Waals surface area (Å²) in [5.41, 5.74) is 10.7. The highest BCUT2D eigenvalue weighted by Gasteiger charge is 2.22. The summed E-state index contributed by atoms with van der Waals surface area (Å²) in [6.07, 6.45) is 1.07. The van der Waals surface area contributed by atoms with E-state index in [2.05, 4.69) is 29.6 Å². The number of benzene rings is 2. The first-order chi connectivity index (χ1) is 9.29. The average molecular weight is 254 g/mol. The van der Waals surface area contributed by atoms with Crippen LogP contribution >= 0.6 is 0 Å². The molecule has 3 nitrogen and oxygen atoms in total. The Bertz CT molecular complexity index is 595. The minimum atomic E-state index is 0.153. The lowest BCUT2D eigenvalue weighted by atomic mass is 9.89. The zero-order valence-corrected chi connectivity index (χ0v) is 11.0. The van der Waals surface area contributed by atoms with Crippen LogP contribution in [0.1, 0.15) is 22.7 Å². The molecule has 3 N–H and O–H groups in total. The molecule has 1 aliphatic heterocycles. The van der Waals surface area contributed by atoms with Crippen molar-refractivity contribution in [2.75, 3.05) is 19.4 Å². The second-order valence-corrected chi connectivity index (χ2v) is 4.83. The highest BCUT2D eigenvalue weighted by Crippen LogP contribution is 2.33. The number of rotatable bonds is 2. The van der Waals surface area contributed by atoms with E-state index < -0.39 is 0 Å². The van der Waals surface area contributed by atoms with Crippen LogP contribution in [0, 0.1) is 0 Å². The molecule has 19 heavy (non-hydrogen) atoms. The van der Waals surface area contributed by atoms with E-state index in [4.69, 9.17) is 10.5 Å². The molecule has 2 aromatic rings. The molecule has 1 heterocycles. The lowest BCUT2D eigenvalue weighted by Gasteiger charge is -2.28. The Morgan fingerprint density at radius 1 is 1.16 bits per heavy atom. The summed E-state index contributed by atoms with van der Waals surface area (Å²) in [7, 11) is 1.68. The van der Waals surface area contributed by atoms with Crippen LogP contribution in [-0.2, 0) is 6.42 Å². The summed E-state index contributed by atoms with van der Waals surface area (Å²) in [5, 5.41) is 3.55.